The van der Waals surface area contributed by atoms with E-state index in [1.54, 1.807) is 0 Å². The highest BCUT2D eigenvalue weighted by atomic mass is 15.3. The first-order chi connectivity index (χ1) is 9.74. The number of nitrogens with one attached hydrogen (secondary N) is 1. The van der Waals surface area contributed by atoms with Crippen molar-refractivity contribution in [2.45, 2.75) is 58.0 Å². The maximum atomic E-state index is 4.74. The van der Waals surface area contributed by atoms with Gasteiger partial charge in [0.15, 0.2) is 0 Å². The lowest BCUT2D eigenvalue weighted by Gasteiger charge is -2.54. The van der Waals surface area contributed by atoms with E-state index in [2.05, 4.69) is 36.2 Å². The second kappa shape index (κ2) is 4.87. The Morgan fingerprint density at radius 2 is 1.85 bits per heavy atom. The van der Waals surface area contributed by atoms with E-state index in [1.165, 1.54) is 37.7 Å². The van der Waals surface area contributed by atoms with Crippen LogP contribution in [0.2, 0.25) is 0 Å². The van der Waals surface area contributed by atoms with E-state index < -0.39 is 0 Å². The number of hydrogen-bond donors (Lipinski definition) is 1. The fraction of sp³-hybridized carbons (Fsp3) is 0.824. The first-order valence-electron chi connectivity index (χ1n) is 8.52. The Kier molecular flexibility index (Phi) is 3.13. The molecule has 3 nitrogen and oxygen atoms in total. The monoisotopic (exact) mass is 273 g/mol. The fourth-order valence-corrected chi connectivity index (χ4v) is 5.49. The van der Waals surface area contributed by atoms with Crippen molar-refractivity contribution in [1.29, 1.82) is 0 Å². The largest absolute Gasteiger partial charge is 0.310 e. The maximum Gasteiger partial charge on any atom is 0.0576 e. The third kappa shape index (κ3) is 2.02. The van der Waals surface area contributed by atoms with Crippen LogP contribution in [0.25, 0.3) is 0 Å². The standard InChI is InChI=1S/C17H27N3/c1-3-18-11(2)16-9-19-20(10-16)17-14-5-12-4-13(7-14)8-15(17)6-12/h9-15,17-18H,3-8H2,1-2H3. The first-order valence-corrected chi connectivity index (χ1v) is 8.52. The summed E-state index contributed by atoms with van der Waals surface area (Å²) in [6.07, 6.45) is 11.8. The predicted molar refractivity (Wildman–Crippen MR) is 80.4 cm³/mol. The number of hydrogen-bond acceptors (Lipinski definition) is 2. The van der Waals surface area contributed by atoms with E-state index in [0.29, 0.717) is 12.1 Å². The zero-order chi connectivity index (χ0) is 13.7. The number of rotatable bonds is 4. The van der Waals surface area contributed by atoms with Gasteiger partial charge < -0.3 is 5.32 Å². The van der Waals surface area contributed by atoms with Gasteiger partial charge in [-0.15, -0.1) is 0 Å². The van der Waals surface area contributed by atoms with Crippen molar-refractivity contribution in [2.24, 2.45) is 23.7 Å². The summed E-state index contributed by atoms with van der Waals surface area (Å²) < 4.78 is 2.33. The lowest BCUT2D eigenvalue weighted by molar-refractivity contribution is -0.0336. The summed E-state index contributed by atoms with van der Waals surface area (Å²) in [7, 11) is 0. The first kappa shape index (κ1) is 12.9. The average molecular weight is 273 g/mol. The van der Waals surface area contributed by atoms with Crippen molar-refractivity contribution in [3.8, 4) is 0 Å². The molecule has 1 unspecified atom stereocenters. The average Bonchev–Trinajstić information content (AvgIpc) is 2.87. The Balaban J connectivity index is 1.56. The summed E-state index contributed by atoms with van der Waals surface area (Å²) >= 11 is 0. The Hall–Kier alpha value is -0.830. The molecule has 0 aromatic carbocycles. The zero-order valence-corrected chi connectivity index (χ0v) is 12.8. The van der Waals surface area contributed by atoms with E-state index in [4.69, 9.17) is 5.10 Å². The minimum absolute atomic E-state index is 0.422. The highest BCUT2D eigenvalue weighted by molar-refractivity contribution is 5.11. The second-order valence-corrected chi connectivity index (χ2v) is 7.45. The summed E-state index contributed by atoms with van der Waals surface area (Å²) in [5.74, 6) is 3.91. The minimum atomic E-state index is 0.422. The van der Waals surface area contributed by atoms with Gasteiger partial charge in [-0.3, -0.25) is 4.68 Å². The van der Waals surface area contributed by atoms with Crippen LogP contribution in [-0.2, 0) is 0 Å². The lowest BCUT2D eigenvalue weighted by Crippen LogP contribution is -2.46. The van der Waals surface area contributed by atoms with Crippen LogP contribution in [-0.4, -0.2) is 16.3 Å². The molecule has 4 fully saturated rings. The van der Waals surface area contributed by atoms with Crippen molar-refractivity contribution in [2.75, 3.05) is 6.54 Å². The Labute approximate surface area is 122 Å². The van der Waals surface area contributed by atoms with E-state index in [1.807, 2.05) is 0 Å². The van der Waals surface area contributed by atoms with Crippen LogP contribution < -0.4 is 5.32 Å². The molecule has 0 radical (unpaired) electrons. The van der Waals surface area contributed by atoms with Gasteiger partial charge in [-0.25, -0.2) is 0 Å². The molecule has 1 atom stereocenters. The van der Waals surface area contributed by atoms with E-state index in [9.17, 15) is 0 Å². The summed E-state index contributed by atoms with van der Waals surface area (Å²) in [6, 6.07) is 1.12. The van der Waals surface area contributed by atoms with Crippen LogP contribution in [0, 0.1) is 23.7 Å². The smallest absolute Gasteiger partial charge is 0.0576 e. The SMILES string of the molecule is CCNC(C)c1cnn(C2C3CC4CC(C3)CC2C4)c1. The number of nitrogens with zero attached hydrogens (tertiary/aromatic N) is 2. The molecule has 4 saturated carbocycles. The van der Waals surface area contributed by atoms with E-state index in [0.717, 1.165) is 30.2 Å². The van der Waals surface area contributed by atoms with Crippen molar-refractivity contribution >= 4 is 0 Å². The minimum Gasteiger partial charge on any atom is -0.310 e. The molecular weight excluding hydrogens is 246 g/mol. The molecule has 20 heavy (non-hydrogen) atoms. The molecule has 0 saturated heterocycles. The molecular formula is C17H27N3. The van der Waals surface area contributed by atoms with Crippen LogP contribution in [0.5, 0.6) is 0 Å². The highest BCUT2D eigenvalue weighted by Gasteiger charge is 2.49. The van der Waals surface area contributed by atoms with Gasteiger partial charge in [-0.2, -0.15) is 5.10 Å². The summed E-state index contributed by atoms with van der Waals surface area (Å²) in [5.41, 5.74) is 1.35. The molecule has 4 aliphatic carbocycles. The molecule has 5 rings (SSSR count). The predicted octanol–water partition coefficient (Wildman–Crippen LogP) is 3.55. The molecule has 1 heterocycles. The van der Waals surface area contributed by atoms with Crippen LogP contribution >= 0.6 is 0 Å². The molecule has 110 valence electrons. The molecule has 0 spiro atoms. The van der Waals surface area contributed by atoms with E-state index in [-0.39, 0.29) is 0 Å². The topological polar surface area (TPSA) is 29.9 Å². The molecule has 0 amide bonds. The van der Waals surface area contributed by atoms with E-state index >= 15 is 0 Å². The summed E-state index contributed by atoms with van der Waals surface area (Å²) in [6.45, 7) is 5.42. The van der Waals surface area contributed by atoms with Gasteiger partial charge in [0.05, 0.1) is 12.2 Å². The fourth-order valence-electron chi connectivity index (χ4n) is 5.49. The molecule has 1 aromatic rings. The Morgan fingerprint density at radius 3 is 2.45 bits per heavy atom. The maximum absolute atomic E-state index is 4.74. The summed E-state index contributed by atoms with van der Waals surface area (Å²) in [4.78, 5) is 0. The summed E-state index contributed by atoms with van der Waals surface area (Å²) in [5, 5.41) is 8.23. The third-order valence-electron chi connectivity index (χ3n) is 6.11. The quantitative estimate of drug-likeness (QED) is 0.909. The second-order valence-electron chi connectivity index (χ2n) is 7.45. The van der Waals surface area contributed by atoms with Crippen LogP contribution in [0.4, 0.5) is 0 Å². The Bertz CT molecular complexity index is 450. The van der Waals surface area contributed by atoms with Gasteiger partial charge >= 0.3 is 0 Å². The Morgan fingerprint density at radius 1 is 1.20 bits per heavy atom. The zero-order valence-electron chi connectivity index (χ0n) is 12.8. The van der Waals surface area contributed by atoms with Gasteiger partial charge in [-0.05, 0) is 69.2 Å². The van der Waals surface area contributed by atoms with Gasteiger partial charge in [-0.1, -0.05) is 6.92 Å². The van der Waals surface area contributed by atoms with Crippen LogP contribution in [0.1, 0.15) is 63.6 Å². The molecule has 3 heteroatoms. The van der Waals surface area contributed by atoms with Gasteiger partial charge in [0.25, 0.3) is 0 Å². The normalized spacial score (nSPS) is 40.2. The van der Waals surface area contributed by atoms with Crippen molar-refractivity contribution < 1.29 is 0 Å². The van der Waals surface area contributed by atoms with Crippen LogP contribution in [0.3, 0.4) is 0 Å². The molecule has 4 aliphatic rings. The lowest BCUT2D eigenvalue weighted by atomic mass is 9.54. The van der Waals surface area contributed by atoms with Gasteiger partial charge in [0.2, 0.25) is 0 Å². The van der Waals surface area contributed by atoms with Gasteiger partial charge in [0.1, 0.15) is 0 Å². The molecule has 1 aromatic heterocycles. The van der Waals surface area contributed by atoms with Crippen LogP contribution in [0.15, 0.2) is 12.4 Å². The van der Waals surface area contributed by atoms with Crippen molar-refractivity contribution in [3.05, 3.63) is 18.0 Å². The number of aromatic nitrogens is 2. The van der Waals surface area contributed by atoms with Gasteiger partial charge in [0, 0.05) is 17.8 Å². The third-order valence-corrected chi connectivity index (χ3v) is 6.11. The van der Waals surface area contributed by atoms with Crippen molar-refractivity contribution in [1.82, 2.24) is 15.1 Å². The highest BCUT2D eigenvalue weighted by Crippen LogP contribution is 2.58. The van der Waals surface area contributed by atoms with Crippen molar-refractivity contribution in [3.63, 3.8) is 0 Å². The molecule has 4 bridgehead atoms. The molecule has 0 aliphatic heterocycles. The molecule has 1 N–H and O–H groups in total.